The number of nitrogens with zero attached hydrogens (tertiary/aromatic N) is 1. The minimum Gasteiger partial charge on any atom is -0.317 e. The van der Waals surface area contributed by atoms with Crippen LogP contribution in [0.5, 0.6) is 0 Å². The Balaban J connectivity index is 2.65. The van der Waals surface area contributed by atoms with Gasteiger partial charge in [-0.3, -0.25) is 4.90 Å². The third-order valence-electron chi connectivity index (χ3n) is 3.81. The molecule has 0 saturated heterocycles. The summed E-state index contributed by atoms with van der Waals surface area (Å²) in [5, 5.41) is 3.41. The van der Waals surface area contributed by atoms with Gasteiger partial charge in [0.1, 0.15) is 0 Å². The molecule has 3 heteroatoms. The second-order valence-electron chi connectivity index (χ2n) is 5.30. The zero-order chi connectivity index (χ0) is 14.8. The molecular formula is C17H30N2S. The Hall–Kier alpha value is -0.510. The van der Waals surface area contributed by atoms with E-state index in [2.05, 4.69) is 61.6 Å². The fraction of sp³-hybridized carbons (Fsp3) is 0.647. The van der Waals surface area contributed by atoms with Crippen molar-refractivity contribution in [2.24, 2.45) is 0 Å². The van der Waals surface area contributed by atoms with Crippen LogP contribution in [0.4, 0.5) is 0 Å². The summed E-state index contributed by atoms with van der Waals surface area (Å²) in [4.78, 5) is 2.50. The monoisotopic (exact) mass is 294 g/mol. The molecule has 0 saturated carbocycles. The van der Waals surface area contributed by atoms with E-state index in [1.165, 1.54) is 23.3 Å². The van der Waals surface area contributed by atoms with Crippen molar-refractivity contribution in [3.05, 3.63) is 35.4 Å². The van der Waals surface area contributed by atoms with E-state index in [0.29, 0.717) is 6.04 Å². The van der Waals surface area contributed by atoms with Crippen molar-refractivity contribution >= 4 is 11.8 Å². The molecule has 0 aliphatic rings. The van der Waals surface area contributed by atoms with Crippen LogP contribution in [0, 0.1) is 0 Å². The van der Waals surface area contributed by atoms with Crippen molar-refractivity contribution < 1.29 is 0 Å². The van der Waals surface area contributed by atoms with E-state index in [-0.39, 0.29) is 0 Å². The normalized spacial score (nSPS) is 12.8. The molecular weight excluding hydrogens is 264 g/mol. The standard InChI is InChI=1S/C17H30N2S/c1-5-17(14-20-4)19(3)13-16-10-8-7-9-15(16)11-12-18-6-2/h7-10,17-18H,5-6,11-14H2,1-4H3. The smallest absolute Gasteiger partial charge is 0.0236 e. The van der Waals surface area contributed by atoms with E-state index >= 15 is 0 Å². The highest BCUT2D eigenvalue weighted by molar-refractivity contribution is 7.98. The van der Waals surface area contributed by atoms with E-state index in [4.69, 9.17) is 0 Å². The molecule has 1 aromatic rings. The Morgan fingerprint density at radius 3 is 2.50 bits per heavy atom. The van der Waals surface area contributed by atoms with Crippen molar-refractivity contribution in [2.75, 3.05) is 32.1 Å². The van der Waals surface area contributed by atoms with Gasteiger partial charge in [-0.2, -0.15) is 11.8 Å². The van der Waals surface area contributed by atoms with Crippen LogP contribution >= 0.6 is 11.8 Å². The summed E-state index contributed by atoms with van der Waals surface area (Å²) < 4.78 is 0. The van der Waals surface area contributed by atoms with Crippen LogP contribution < -0.4 is 5.32 Å². The van der Waals surface area contributed by atoms with Crippen LogP contribution in [-0.4, -0.2) is 43.1 Å². The first-order valence-electron chi connectivity index (χ1n) is 7.69. The average Bonchev–Trinajstić information content (AvgIpc) is 2.46. The summed E-state index contributed by atoms with van der Waals surface area (Å²) in [5.74, 6) is 1.21. The number of rotatable bonds is 10. The molecule has 0 aliphatic heterocycles. The van der Waals surface area contributed by atoms with Gasteiger partial charge in [-0.25, -0.2) is 0 Å². The minimum absolute atomic E-state index is 0.673. The lowest BCUT2D eigenvalue weighted by molar-refractivity contribution is 0.247. The molecule has 114 valence electrons. The predicted molar refractivity (Wildman–Crippen MR) is 92.6 cm³/mol. The molecule has 1 rings (SSSR count). The summed E-state index contributed by atoms with van der Waals surface area (Å²) in [6.07, 6.45) is 4.54. The van der Waals surface area contributed by atoms with Crippen molar-refractivity contribution in [1.82, 2.24) is 10.2 Å². The third-order valence-corrected chi connectivity index (χ3v) is 4.53. The molecule has 1 N–H and O–H groups in total. The summed E-state index contributed by atoms with van der Waals surface area (Å²) in [5.41, 5.74) is 2.96. The summed E-state index contributed by atoms with van der Waals surface area (Å²) in [6, 6.07) is 9.55. The maximum atomic E-state index is 3.41. The highest BCUT2D eigenvalue weighted by Gasteiger charge is 2.13. The summed E-state index contributed by atoms with van der Waals surface area (Å²) in [6.45, 7) is 7.62. The predicted octanol–water partition coefficient (Wildman–Crippen LogP) is 3.41. The van der Waals surface area contributed by atoms with Gasteiger partial charge in [-0.05, 0) is 50.4 Å². The van der Waals surface area contributed by atoms with E-state index < -0.39 is 0 Å². The van der Waals surface area contributed by atoms with Gasteiger partial charge in [-0.15, -0.1) is 0 Å². The van der Waals surface area contributed by atoms with Gasteiger partial charge in [0.15, 0.2) is 0 Å². The largest absolute Gasteiger partial charge is 0.317 e. The number of hydrogen-bond donors (Lipinski definition) is 1. The Morgan fingerprint density at radius 2 is 1.90 bits per heavy atom. The van der Waals surface area contributed by atoms with Gasteiger partial charge in [0.05, 0.1) is 0 Å². The van der Waals surface area contributed by atoms with Crippen LogP contribution in [0.15, 0.2) is 24.3 Å². The molecule has 0 fully saturated rings. The van der Waals surface area contributed by atoms with Gasteiger partial charge in [0, 0.05) is 18.3 Å². The molecule has 0 bridgehead atoms. The highest BCUT2D eigenvalue weighted by atomic mass is 32.2. The van der Waals surface area contributed by atoms with Crippen LogP contribution in [-0.2, 0) is 13.0 Å². The molecule has 0 aliphatic carbocycles. The first-order chi connectivity index (χ1) is 9.72. The molecule has 0 heterocycles. The average molecular weight is 295 g/mol. The van der Waals surface area contributed by atoms with Gasteiger partial charge in [0.2, 0.25) is 0 Å². The van der Waals surface area contributed by atoms with Gasteiger partial charge in [0.25, 0.3) is 0 Å². The first kappa shape index (κ1) is 17.5. The van der Waals surface area contributed by atoms with Crippen molar-refractivity contribution in [3.8, 4) is 0 Å². The number of nitrogens with one attached hydrogen (secondary N) is 1. The quantitative estimate of drug-likeness (QED) is 0.666. The molecule has 1 atom stereocenters. The number of benzene rings is 1. The Labute approximate surface area is 129 Å². The van der Waals surface area contributed by atoms with Crippen molar-refractivity contribution in [3.63, 3.8) is 0 Å². The molecule has 1 aromatic carbocycles. The molecule has 1 unspecified atom stereocenters. The zero-order valence-electron chi connectivity index (χ0n) is 13.5. The van der Waals surface area contributed by atoms with Crippen LogP contribution in [0.3, 0.4) is 0 Å². The number of thioether (sulfide) groups is 1. The van der Waals surface area contributed by atoms with E-state index in [1.807, 2.05) is 11.8 Å². The summed E-state index contributed by atoms with van der Waals surface area (Å²) in [7, 11) is 2.26. The molecule has 20 heavy (non-hydrogen) atoms. The molecule has 0 aromatic heterocycles. The van der Waals surface area contributed by atoms with Gasteiger partial charge in [-0.1, -0.05) is 38.1 Å². The maximum Gasteiger partial charge on any atom is 0.0236 e. The zero-order valence-corrected chi connectivity index (χ0v) is 14.3. The Bertz CT molecular complexity index is 368. The van der Waals surface area contributed by atoms with Crippen LogP contribution in [0.1, 0.15) is 31.4 Å². The lowest BCUT2D eigenvalue weighted by Crippen LogP contribution is -2.33. The highest BCUT2D eigenvalue weighted by Crippen LogP contribution is 2.16. The Kier molecular flexibility index (Phi) is 8.99. The topological polar surface area (TPSA) is 15.3 Å². The number of likely N-dealkylation sites (N-methyl/N-ethyl adjacent to an activating group) is 1. The summed E-state index contributed by atoms with van der Waals surface area (Å²) >= 11 is 1.94. The maximum absolute atomic E-state index is 3.41. The van der Waals surface area contributed by atoms with Crippen molar-refractivity contribution in [1.29, 1.82) is 0 Å². The van der Waals surface area contributed by atoms with E-state index in [9.17, 15) is 0 Å². The minimum atomic E-state index is 0.673. The molecule has 2 nitrogen and oxygen atoms in total. The van der Waals surface area contributed by atoms with Gasteiger partial charge >= 0.3 is 0 Å². The van der Waals surface area contributed by atoms with Crippen LogP contribution in [0.2, 0.25) is 0 Å². The number of hydrogen-bond acceptors (Lipinski definition) is 3. The second-order valence-corrected chi connectivity index (χ2v) is 6.22. The SMILES string of the molecule is CCNCCc1ccccc1CN(C)C(CC)CSC. The fourth-order valence-corrected chi connectivity index (χ4v) is 3.38. The second kappa shape index (κ2) is 10.3. The van der Waals surface area contributed by atoms with Crippen LogP contribution in [0.25, 0.3) is 0 Å². The Morgan fingerprint density at radius 1 is 1.20 bits per heavy atom. The lowest BCUT2D eigenvalue weighted by atomic mass is 10.0. The lowest BCUT2D eigenvalue weighted by Gasteiger charge is -2.27. The first-order valence-corrected chi connectivity index (χ1v) is 9.08. The van der Waals surface area contributed by atoms with Crippen molar-refractivity contribution in [2.45, 2.75) is 39.3 Å². The van der Waals surface area contributed by atoms with E-state index in [0.717, 1.165) is 26.1 Å². The van der Waals surface area contributed by atoms with Gasteiger partial charge < -0.3 is 5.32 Å². The molecule has 0 radical (unpaired) electrons. The fourth-order valence-electron chi connectivity index (χ4n) is 2.50. The van der Waals surface area contributed by atoms with E-state index in [1.54, 1.807) is 0 Å². The molecule has 0 spiro atoms. The molecule has 0 amide bonds. The third kappa shape index (κ3) is 5.86.